The van der Waals surface area contributed by atoms with Gasteiger partial charge in [0.15, 0.2) is 0 Å². The Morgan fingerprint density at radius 2 is 2.17 bits per heavy atom. The highest BCUT2D eigenvalue weighted by Crippen LogP contribution is 2.15. The Bertz CT molecular complexity index is 294. The van der Waals surface area contributed by atoms with Crippen LogP contribution in [0.1, 0.15) is 39.5 Å². The number of piperidine rings is 1. The van der Waals surface area contributed by atoms with E-state index in [1.54, 1.807) is 0 Å². The SMILES string of the molecule is CC(C(=O)O)C(=O)NCCCN1CCCCC1C. The summed E-state index contributed by atoms with van der Waals surface area (Å²) in [4.78, 5) is 24.4. The predicted octanol–water partition coefficient (Wildman–Crippen LogP) is 1.09. The van der Waals surface area contributed by atoms with Gasteiger partial charge in [-0.15, -0.1) is 0 Å². The lowest BCUT2D eigenvalue weighted by Gasteiger charge is -2.33. The number of carboxylic acids is 1. The van der Waals surface area contributed by atoms with E-state index in [1.165, 1.54) is 26.2 Å². The van der Waals surface area contributed by atoms with Crippen LogP contribution in [-0.2, 0) is 9.59 Å². The number of carbonyl (C=O) groups is 2. The van der Waals surface area contributed by atoms with E-state index in [4.69, 9.17) is 5.11 Å². The number of amides is 1. The van der Waals surface area contributed by atoms with Crippen molar-refractivity contribution in [2.75, 3.05) is 19.6 Å². The number of rotatable bonds is 6. The molecule has 1 aliphatic heterocycles. The van der Waals surface area contributed by atoms with Crippen LogP contribution in [0.3, 0.4) is 0 Å². The number of hydrogen-bond acceptors (Lipinski definition) is 3. The van der Waals surface area contributed by atoms with Crippen LogP contribution in [0.25, 0.3) is 0 Å². The summed E-state index contributed by atoms with van der Waals surface area (Å²) in [6, 6.07) is 0.632. The van der Waals surface area contributed by atoms with Gasteiger partial charge in [0, 0.05) is 19.1 Å². The number of likely N-dealkylation sites (tertiary alicyclic amines) is 1. The molecule has 2 unspecified atom stereocenters. The van der Waals surface area contributed by atoms with E-state index < -0.39 is 17.8 Å². The molecule has 104 valence electrons. The second kappa shape index (κ2) is 7.36. The topological polar surface area (TPSA) is 69.6 Å². The maximum absolute atomic E-state index is 11.4. The Morgan fingerprint density at radius 3 is 2.78 bits per heavy atom. The van der Waals surface area contributed by atoms with Gasteiger partial charge in [0.05, 0.1) is 0 Å². The Kier molecular flexibility index (Phi) is 6.12. The third kappa shape index (κ3) is 4.64. The highest BCUT2D eigenvalue weighted by atomic mass is 16.4. The normalized spacial score (nSPS) is 22.4. The van der Waals surface area contributed by atoms with Crippen LogP contribution >= 0.6 is 0 Å². The average Bonchev–Trinajstić information content (AvgIpc) is 2.35. The fourth-order valence-electron chi connectivity index (χ4n) is 2.25. The van der Waals surface area contributed by atoms with Crippen molar-refractivity contribution in [2.24, 2.45) is 5.92 Å². The van der Waals surface area contributed by atoms with Gasteiger partial charge in [-0.05, 0) is 39.7 Å². The van der Waals surface area contributed by atoms with Crippen molar-refractivity contribution >= 4 is 11.9 Å². The molecule has 0 spiro atoms. The van der Waals surface area contributed by atoms with Gasteiger partial charge in [-0.25, -0.2) is 0 Å². The van der Waals surface area contributed by atoms with E-state index >= 15 is 0 Å². The summed E-state index contributed by atoms with van der Waals surface area (Å²) in [6.07, 6.45) is 4.70. The van der Waals surface area contributed by atoms with Crippen LogP contribution in [0.2, 0.25) is 0 Å². The van der Waals surface area contributed by atoms with Crippen LogP contribution in [-0.4, -0.2) is 47.6 Å². The molecule has 1 fully saturated rings. The zero-order chi connectivity index (χ0) is 13.5. The van der Waals surface area contributed by atoms with E-state index in [0.717, 1.165) is 19.5 Å². The van der Waals surface area contributed by atoms with Crippen molar-refractivity contribution < 1.29 is 14.7 Å². The van der Waals surface area contributed by atoms with Gasteiger partial charge in [0.1, 0.15) is 5.92 Å². The maximum atomic E-state index is 11.4. The summed E-state index contributed by atoms with van der Waals surface area (Å²) in [5, 5.41) is 11.4. The molecule has 0 radical (unpaired) electrons. The fourth-order valence-corrected chi connectivity index (χ4v) is 2.25. The van der Waals surface area contributed by atoms with Crippen molar-refractivity contribution in [3.63, 3.8) is 0 Å². The number of nitrogens with one attached hydrogen (secondary N) is 1. The molecule has 0 saturated carbocycles. The summed E-state index contributed by atoms with van der Waals surface area (Å²) >= 11 is 0. The van der Waals surface area contributed by atoms with Crippen LogP contribution in [0.5, 0.6) is 0 Å². The Morgan fingerprint density at radius 1 is 1.44 bits per heavy atom. The Hall–Kier alpha value is -1.10. The molecule has 18 heavy (non-hydrogen) atoms. The van der Waals surface area contributed by atoms with E-state index in [2.05, 4.69) is 17.1 Å². The minimum Gasteiger partial charge on any atom is -0.481 e. The molecule has 1 heterocycles. The molecule has 1 aliphatic rings. The lowest BCUT2D eigenvalue weighted by atomic mass is 10.0. The molecule has 5 nitrogen and oxygen atoms in total. The lowest BCUT2D eigenvalue weighted by molar-refractivity contribution is -0.146. The molecular formula is C13H24N2O3. The van der Waals surface area contributed by atoms with Gasteiger partial charge in [-0.2, -0.15) is 0 Å². The zero-order valence-corrected chi connectivity index (χ0v) is 11.3. The van der Waals surface area contributed by atoms with Crippen molar-refractivity contribution in [1.82, 2.24) is 10.2 Å². The molecule has 0 aromatic heterocycles. The molecule has 0 aromatic rings. The lowest BCUT2D eigenvalue weighted by Crippen LogP contribution is -2.40. The molecule has 1 amide bonds. The van der Waals surface area contributed by atoms with Crippen LogP contribution in [0, 0.1) is 5.92 Å². The highest BCUT2D eigenvalue weighted by molar-refractivity contribution is 5.96. The molecular weight excluding hydrogens is 232 g/mol. The first-order valence-corrected chi connectivity index (χ1v) is 6.77. The van der Waals surface area contributed by atoms with E-state index in [9.17, 15) is 9.59 Å². The molecule has 5 heteroatoms. The molecule has 0 aliphatic carbocycles. The minimum atomic E-state index is -1.07. The molecule has 1 saturated heterocycles. The average molecular weight is 256 g/mol. The smallest absolute Gasteiger partial charge is 0.315 e. The van der Waals surface area contributed by atoms with Crippen LogP contribution < -0.4 is 5.32 Å². The van der Waals surface area contributed by atoms with E-state index in [1.807, 2.05) is 0 Å². The van der Waals surface area contributed by atoms with Crippen molar-refractivity contribution in [3.8, 4) is 0 Å². The van der Waals surface area contributed by atoms with Gasteiger partial charge >= 0.3 is 5.97 Å². The summed E-state index contributed by atoms with van der Waals surface area (Å²) in [5.74, 6) is -2.43. The standard InChI is InChI=1S/C13H24N2O3/c1-10-6-3-4-8-15(10)9-5-7-14-12(16)11(2)13(17)18/h10-11H,3-9H2,1-2H3,(H,14,16)(H,17,18). The maximum Gasteiger partial charge on any atom is 0.315 e. The summed E-state index contributed by atoms with van der Waals surface area (Å²) in [6.45, 7) is 6.32. The second-order valence-electron chi connectivity index (χ2n) is 5.09. The number of carboxylic acid groups (broad SMARTS) is 1. The van der Waals surface area contributed by atoms with Gasteiger partial charge < -0.3 is 15.3 Å². The summed E-state index contributed by atoms with van der Waals surface area (Å²) in [5.41, 5.74) is 0. The van der Waals surface area contributed by atoms with E-state index in [-0.39, 0.29) is 0 Å². The molecule has 2 N–H and O–H groups in total. The first kappa shape index (κ1) is 15.0. The second-order valence-corrected chi connectivity index (χ2v) is 5.09. The van der Waals surface area contributed by atoms with Gasteiger partial charge in [-0.1, -0.05) is 6.42 Å². The summed E-state index contributed by atoms with van der Waals surface area (Å²) < 4.78 is 0. The Labute approximate surface area is 109 Å². The minimum absolute atomic E-state index is 0.394. The van der Waals surface area contributed by atoms with Gasteiger partial charge in [0.25, 0.3) is 0 Å². The molecule has 0 bridgehead atoms. The fraction of sp³-hybridized carbons (Fsp3) is 0.846. The molecule has 0 aromatic carbocycles. The number of nitrogens with zero attached hydrogens (tertiary/aromatic N) is 1. The zero-order valence-electron chi connectivity index (χ0n) is 11.3. The highest BCUT2D eigenvalue weighted by Gasteiger charge is 2.20. The van der Waals surface area contributed by atoms with Crippen molar-refractivity contribution in [1.29, 1.82) is 0 Å². The largest absolute Gasteiger partial charge is 0.481 e. The number of hydrogen-bond donors (Lipinski definition) is 2. The van der Waals surface area contributed by atoms with Crippen molar-refractivity contribution in [3.05, 3.63) is 0 Å². The van der Waals surface area contributed by atoms with Gasteiger partial charge in [0.2, 0.25) is 5.91 Å². The Balaban J connectivity index is 2.14. The third-order valence-electron chi connectivity index (χ3n) is 3.63. The van der Waals surface area contributed by atoms with Crippen LogP contribution in [0.15, 0.2) is 0 Å². The summed E-state index contributed by atoms with van der Waals surface area (Å²) in [7, 11) is 0. The number of aliphatic carboxylic acids is 1. The van der Waals surface area contributed by atoms with Gasteiger partial charge in [-0.3, -0.25) is 9.59 Å². The number of carbonyl (C=O) groups excluding carboxylic acids is 1. The monoisotopic (exact) mass is 256 g/mol. The first-order valence-electron chi connectivity index (χ1n) is 6.77. The van der Waals surface area contributed by atoms with Crippen molar-refractivity contribution in [2.45, 2.75) is 45.6 Å². The molecule has 1 rings (SSSR count). The van der Waals surface area contributed by atoms with Crippen LogP contribution in [0.4, 0.5) is 0 Å². The molecule has 2 atom stereocenters. The third-order valence-corrected chi connectivity index (χ3v) is 3.63. The first-order chi connectivity index (χ1) is 8.52. The predicted molar refractivity (Wildman–Crippen MR) is 69.3 cm³/mol. The quantitative estimate of drug-likeness (QED) is 0.551. The van der Waals surface area contributed by atoms with E-state index in [0.29, 0.717) is 12.6 Å².